The molecule has 0 spiro atoms. The summed E-state index contributed by atoms with van der Waals surface area (Å²) in [6.07, 6.45) is 6.33. The highest BCUT2D eigenvalue weighted by atomic mass is 16.5. The minimum Gasteiger partial charge on any atom is -0.381 e. The predicted molar refractivity (Wildman–Crippen MR) is 71.4 cm³/mol. The quantitative estimate of drug-likeness (QED) is 0.828. The van der Waals surface area contributed by atoms with Gasteiger partial charge in [0.05, 0.1) is 0 Å². The number of carbonyl (C=O) groups excluding carboxylic acids is 1. The smallest absolute Gasteiger partial charge is 0.225 e. The van der Waals surface area contributed by atoms with Crippen molar-refractivity contribution in [1.29, 1.82) is 0 Å². The highest BCUT2D eigenvalue weighted by molar-refractivity contribution is 5.79. The third-order valence-corrected chi connectivity index (χ3v) is 4.57. The van der Waals surface area contributed by atoms with Crippen molar-refractivity contribution in [2.75, 3.05) is 27.3 Å². The van der Waals surface area contributed by atoms with E-state index in [9.17, 15) is 4.79 Å². The van der Waals surface area contributed by atoms with Crippen molar-refractivity contribution in [2.45, 2.75) is 50.6 Å². The lowest BCUT2D eigenvalue weighted by atomic mass is 9.85. The Morgan fingerprint density at radius 2 is 1.72 bits per heavy atom. The van der Waals surface area contributed by atoms with Gasteiger partial charge < -0.3 is 15.0 Å². The van der Waals surface area contributed by atoms with Crippen LogP contribution in [0.5, 0.6) is 0 Å². The van der Waals surface area contributed by atoms with Gasteiger partial charge in [-0.15, -0.1) is 0 Å². The summed E-state index contributed by atoms with van der Waals surface area (Å²) < 4.78 is 5.36. The number of ether oxygens (including phenoxy) is 1. The van der Waals surface area contributed by atoms with E-state index < -0.39 is 0 Å². The Kier molecular flexibility index (Phi) is 5.01. The SMILES string of the molecule is CNC1CCC(C(=O)N(C)C2CCOCC2)CC1. The average Bonchev–Trinajstić information content (AvgIpc) is 2.47. The molecule has 4 heteroatoms. The molecule has 0 unspecified atom stereocenters. The summed E-state index contributed by atoms with van der Waals surface area (Å²) >= 11 is 0. The molecule has 0 aromatic heterocycles. The summed E-state index contributed by atoms with van der Waals surface area (Å²) in [4.78, 5) is 14.4. The summed E-state index contributed by atoms with van der Waals surface area (Å²) in [6.45, 7) is 1.60. The average molecular weight is 254 g/mol. The lowest BCUT2D eigenvalue weighted by Crippen LogP contribution is -2.45. The molecule has 1 N–H and O–H groups in total. The highest BCUT2D eigenvalue weighted by Crippen LogP contribution is 2.27. The van der Waals surface area contributed by atoms with Gasteiger partial charge in [0, 0.05) is 38.3 Å². The van der Waals surface area contributed by atoms with Gasteiger partial charge in [-0.1, -0.05) is 0 Å². The molecule has 1 aliphatic heterocycles. The molecule has 1 heterocycles. The zero-order valence-corrected chi connectivity index (χ0v) is 11.7. The van der Waals surface area contributed by atoms with Crippen LogP contribution in [0, 0.1) is 5.92 Å². The Labute approximate surface area is 110 Å². The second kappa shape index (κ2) is 6.53. The predicted octanol–water partition coefficient (Wildman–Crippen LogP) is 1.40. The topological polar surface area (TPSA) is 41.6 Å². The molecule has 0 radical (unpaired) electrons. The van der Waals surface area contributed by atoms with Crippen molar-refractivity contribution in [2.24, 2.45) is 5.92 Å². The van der Waals surface area contributed by atoms with Gasteiger partial charge in [0.2, 0.25) is 5.91 Å². The molecule has 4 nitrogen and oxygen atoms in total. The first kappa shape index (κ1) is 13.8. The maximum atomic E-state index is 12.5. The number of rotatable bonds is 3. The standard InChI is InChI=1S/C14H26N2O2/c1-15-12-5-3-11(4-6-12)14(17)16(2)13-7-9-18-10-8-13/h11-13,15H,3-10H2,1-2H3. The minimum absolute atomic E-state index is 0.252. The molecular weight excluding hydrogens is 228 g/mol. The van der Waals surface area contributed by atoms with Gasteiger partial charge in [-0.25, -0.2) is 0 Å². The molecule has 1 saturated heterocycles. The Balaban J connectivity index is 1.83. The summed E-state index contributed by atoms with van der Waals surface area (Å²) in [5.74, 6) is 0.610. The molecular formula is C14H26N2O2. The molecule has 18 heavy (non-hydrogen) atoms. The third-order valence-electron chi connectivity index (χ3n) is 4.57. The first-order valence-corrected chi connectivity index (χ1v) is 7.24. The van der Waals surface area contributed by atoms with E-state index in [1.807, 2.05) is 19.0 Å². The van der Waals surface area contributed by atoms with Crippen LogP contribution in [0.3, 0.4) is 0 Å². The number of hydrogen-bond acceptors (Lipinski definition) is 3. The maximum Gasteiger partial charge on any atom is 0.225 e. The van der Waals surface area contributed by atoms with Crippen molar-refractivity contribution in [3.05, 3.63) is 0 Å². The first-order chi connectivity index (χ1) is 8.72. The fourth-order valence-electron chi connectivity index (χ4n) is 3.17. The molecule has 0 aromatic rings. The van der Waals surface area contributed by atoms with Crippen LogP contribution >= 0.6 is 0 Å². The lowest BCUT2D eigenvalue weighted by molar-refractivity contribution is -0.139. The monoisotopic (exact) mass is 254 g/mol. The van der Waals surface area contributed by atoms with Gasteiger partial charge in [0.15, 0.2) is 0 Å². The maximum absolute atomic E-state index is 12.5. The van der Waals surface area contributed by atoms with Crippen molar-refractivity contribution < 1.29 is 9.53 Å². The number of nitrogens with one attached hydrogen (secondary N) is 1. The Bertz CT molecular complexity index is 269. The lowest BCUT2D eigenvalue weighted by Gasteiger charge is -2.35. The van der Waals surface area contributed by atoms with Crippen LogP contribution in [-0.4, -0.2) is 50.2 Å². The molecule has 2 fully saturated rings. The van der Waals surface area contributed by atoms with Crippen molar-refractivity contribution >= 4 is 5.91 Å². The van der Waals surface area contributed by atoms with E-state index in [-0.39, 0.29) is 5.92 Å². The molecule has 2 rings (SSSR count). The van der Waals surface area contributed by atoms with Crippen molar-refractivity contribution in [1.82, 2.24) is 10.2 Å². The Morgan fingerprint density at radius 1 is 1.11 bits per heavy atom. The van der Waals surface area contributed by atoms with E-state index >= 15 is 0 Å². The summed E-state index contributed by atoms with van der Waals surface area (Å²) in [5, 5.41) is 3.31. The number of nitrogens with zero attached hydrogens (tertiary/aromatic N) is 1. The van der Waals surface area contributed by atoms with E-state index in [2.05, 4.69) is 5.32 Å². The molecule has 1 aliphatic carbocycles. The largest absolute Gasteiger partial charge is 0.381 e. The van der Waals surface area contributed by atoms with E-state index in [4.69, 9.17) is 4.74 Å². The highest BCUT2D eigenvalue weighted by Gasteiger charge is 2.30. The van der Waals surface area contributed by atoms with Crippen molar-refractivity contribution in [3.63, 3.8) is 0 Å². The molecule has 104 valence electrons. The van der Waals surface area contributed by atoms with Gasteiger partial charge >= 0.3 is 0 Å². The fourth-order valence-corrected chi connectivity index (χ4v) is 3.17. The van der Waals surface area contributed by atoms with E-state index in [1.165, 1.54) is 0 Å². The van der Waals surface area contributed by atoms with Gasteiger partial charge in [-0.05, 0) is 45.6 Å². The van der Waals surface area contributed by atoms with Crippen LogP contribution in [-0.2, 0) is 9.53 Å². The van der Waals surface area contributed by atoms with E-state index in [1.54, 1.807) is 0 Å². The molecule has 1 amide bonds. The van der Waals surface area contributed by atoms with Crippen LogP contribution in [0.1, 0.15) is 38.5 Å². The zero-order valence-electron chi connectivity index (χ0n) is 11.7. The number of hydrogen-bond donors (Lipinski definition) is 1. The molecule has 0 atom stereocenters. The minimum atomic E-state index is 0.252. The van der Waals surface area contributed by atoms with Crippen molar-refractivity contribution in [3.8, 4) is 0 Å². The third kappa shape index (κ3) is 3.23. The van der Waals surface area contributed by atoms with Gasteiger partial charge in [0.25, 0.3) is 0 Å². The van der Waals surface area contributed by atoms with Gasteiger partial charge in [-0.2, -0.15) is 0 Å². The van der Waals surface area contributed by atoms with E-state index in [0.717, 1.165) is 51.7 Å². The second-order valence-electron chi connectivity index (χ2n) is 5.63. The molecule has 0 aromatic carbocycles. The second-order valence-corrected chi connectivity index (χ2v) is 5.63. The molecule has 1 saturated carbocycles. The zero-order chi connectivity index (χ0) is 13.0. The van der Waals surface area contributed by atoms with Crippen LogP contribution in [0.4, 0.5) is 0 Å². The first-order valence-electron chi connectivity index (χ1n) is 7.24. The Morgan fingerprint density at radius 3 is 2.28 bits per heavy atom. The summed E-state index contributed by atoms with van der Waals surface area (Å²) in [7, 11) is 3.99. The Hall–Kier alpha value is -0.610. The fraction of sp³-hybridized carbons (Fsp3) is 0.929. The van der Waals surface area contributed by atoms with Gasteiger partial charge in [-0.3, -0.25) is 4.79 Å². The normalized spacial score (nSPS) is 30.1. The van der Waals surface area contributed by atoms with Gasteiger partial charge in [0.1, 0.15) is 0 Å². The number of amides is 1. The van der Waals surface area contributed by atoms with Crippen LogP contribution < -0.4 is 5.32 Å². The molecule has 2 aliphatic rings. The summed E-state index contributed by atoms with van der Waals surface area (Å²) in [5.41, 5.74) is 0. The van der Waals surface area contributed by atoms with Crippen LogP contribution in [0.2, 0.25) is 0 Å². The van der Waals surface area contributed by atoms with E-state index in [0.29, 0.717) is 18.0 Å². The van der Waals surface area contributed by atoms with Crippen LogP contribution in [0.15, 0.2) is 0 Å². The summed E-state index contributed by atoms with van der Waals surface area (Å²) in [6, 6.07) is 1.01. The van der Waals surface area contributed by atoms with Crippen LogP contribution in [0.25, 0.3) is 0 Å². The number of carbonyl (C=O) groups is 1. The molecule has 0 bridgehead atoms.